The van der Waals surface area contributed by atoms with E-state index in [1.54, 1.807) is 24.3 Å². The number of carbonyl (C=O) groups is 2. The Morgan fingerprint density at radius 2 is 1.53 bits per heavy atom. The van der Waals surface area contributed by atoms with Gasteiger partial charge in [-0.3, -0.25) is 4.79 Å². The molecule has 43 heavy (non-hydrogen) atoms. The number of rotatable bonds is 6. The van der Waals surface area contributed by atoms with Crippen LogP contribution < -0.4 is 15.4 Å². The highest BCUT2D eigenvalue weighted by Gasteiger charge is 2.31. The lowest BCUT2D eigenvalue weighted by molar-refractivity contribution is 0.0696. The summed E-state index contributed by atoms with van der Waals surface area (Å²) in [7, 11) is 0. The van der Waals surface area contributed by atoms with Gasteiger partial charge in [-0.25, -0.2) is 4.79 Å². The van der Waals surface area contributed by atoms with Crippen LogP contribution >= 0.6 is 0 Å². The number of hydrogen-bond donors (Lipinski definition) is 3. The van der Waals surface area contributed by atoms with Crippen LogP contribution in [0.5, 0.6) is 5.75 Å². The van der Waals surface area contributed by atoms with Gasteiger partial charge in [-0.1, -0.05) is 50.3 Å². The second-order valence-electron chi connectivity index (χ2n) is 12.3. The lowest BCUT2D eigenvalue weighted by Gasteiger charge is -2.33. The van der Waals surface area contributed by atoms with Crippen LogP contribution in [-0.2, 0) is 6.54 Å². The van der Waals surface area contributed by atoms with Gasteiger partial charge >= 0.3 is 5.97 Å². The highest BCUT2D eigenvalue weighted by Crippen LogP contribution is 2.47. The molecule has 2 heterocycles. The number of benzene rings is 3. The third-order valence-electron chi connectivity index (χ3n) is 9.66. The number of amides is 1. The van der Waals surface area contributed by atoms with Crippen molar-refractivity contribution in [3.8, 4) is 17.0 Å². The molecule has 7 heteroatoms. The maximum Gasteiger partial charge on any atom is 0.335 e. The summed E-state index contributed by atoms with van der Waals surface area (Å²) in [6.45, 7) is 1.34. The standard InChI is InChI=1S/C36H39N3O4/c40-35(38-30-12-6-5-11-29(30)37-26-17-14-24(15-18-26)36(41)42)25-16-19-27-31(22-25)39-20-21-43-32-13-7-4-10-28(32)34(39)33(27)23-8-2-1-3-9-23/h4,7,10,13-19,22-23,29-30,37H,1-3,5-6,8-9,11-12,20-21H2,(H,38,40)(H,41,42)/t29-,30-/m1/s1. The molecule has 2 atom stereocenters. The fourth-order valence-electron chi connectivity index (χ4n) is 7.53. The molecule has 7 nitrogen and oxygen atoms in total. The Bertz CT molecular complexity index is 1650. The predicted octanol–water partition coefficient (Wildman–Crippen LogP) is 7.60. The Morgan fingerprint density at radius 1 is 0.814 bits per heavy atom. The monoisotopic (exact) mass is 577 g/mol. The lowest BCUT2D eigenvalue weighted by Crippen LogP contribution is -2.48. The normalized spacial score (nSPS) is 20.4. The number of carboxylic acid groups (broad SMARTS) is 1. The molecule has 2 fully saturated rings. The molecule has 2 aliphatic carbocycles. The molecule has 7 rings (SSSR count). The number of ether oxygens (including phenoxy) is 1. The van der Waals surface area contributed by atoms with Gasteiger partial charge in [-0.05, 0) is 85.7 Å². The summed E-state index contributed by atoms with van der Waals surface area (Å²) in [6.07, 6.45) is 10.2. The van der Waals surface area contributed by atoms with Crippen molar-refractivity contribution in [1.29, 1.82) is 0 Å². The van der Waals surface area contributed by atoms with Gasteiger partial charge in [0.2, 0.25) is 0 Å². The smallest absolute Gasteiger partial charge is 0.335 e. The van der Waals surface area contributed by atoms with Crippen molar-refractivity contribution in [2.75, 3.05) is 11.9 Å². The molecule has 2 saturated carbocycles. The van der Waals surface area contributed by atoms with Crippen molar-refractivity contribution >= 4 is 28.5 Å². The highest BCUT2D eigenvalue weighted by molar-refractivity contribution is 6.01. The summed E-state index contributed by atoms with van der Waals surface area (Å²) >= 11 is 0. The van der Waals surface area contributed by atoms with E-state index in [-0.39, 0.29) is 23.6 Å². The number of carboxylic acids is 1. The number of fused-ring (bicyclic) bond motifs is 5. The van der Waals surface area contributed by atoms with Crippen molar-refractivity contribution in [1.82, 2.24) is 9.88 Å². The Hall–Kier alpha value is -4.26. The number of aromatic carboxylic acids is 1. The summed E-state index contributed by atoms with van der Waals surface area (Å²) in [5.41, 5.74) is 6.75. The van der Waals surface area contributed by atoms with Crippen LogP contribution in [-0.4, -0.2) is 40.2 Å². The number of aromatic nitrogens is 1. The summed E-state index contributed by atoms with van der Waals surface area (Å²) in [6, 6.07) is 21.5. The Morgan fingerprint density at radius 3 is 2.33 bits per heavy atom. The van der Waals surface area contributed by atoms with E-state index in [9.17, 15) is 14.7 Å². The number of nitrogens with one attached hydrogen (secondary N) is 2. The molecule has 3 aromatic carbocycles. The molecule has 1 aromatic heterocycles. The summed E-state index contributed by atoms with van der Waals surface area (Å²) in [5, 5.41) is 17.4. The van der Waals surface area contributed by atoms with Gasteiger partial charge in [-0.15, -0.1) is 0 Å². The molecule has 1 amide bonds. The SMILES string of the molecule is O=C(O)c1ccc(N[C@@H]2CCCC[C@H]2NC(=O)c2ccc3c(C4CCCCC4)c4n(c3c2)CCOc2ccccc2-4)cc1. The van der Waals surface area contributed by atoms with Crippen LogP contribution in [0.4, 0.5) is 5.69 Å². The van der Waals surface area contributed by atoms with E-state index in [1.807, 2.05) is 12.1 Å². The topological polar surface area (TPSA) is 92.6 Å². The molecule has 0 spiro atoms. The number of nitrogens with zero attached hydrogens (tertiary/aromatic N) is 1. The number of anilines is 1. The van der Waals surface area contributed by atoms with Crippen LogP contribution in [0.1, 0.15) is 90.0 Å². The highest BCUT2D eigenvalue weighted by atomic mass is 16.5. The Labute approximate surface area is 252 Å². The van der Waals surface area contributed by atoms with E-state index in [2.05, 4.69) is 45.5 Å². The number of hydrogen-bond acceptors (Lipinski definition) is 4. The fraction of sp³-hybridized carbons (Fsp3) is 0.389. The molecule has 222 valence electrons. The van der Waals surface area contributed by atoms with Crippen LogP contribution in [0.2, 0.25) is 0 Å². The third-order valence-corrected chi connectivity index (χ3v) is 9.66. The quantitative estimate of drug-likeness (QED) is 0.219. The van der Waals surface area contributed by atoms with Gasteiger partial charge in [-0.2, -0.15) is 0 Å². The molecular weight excluding hydrogens is 538 g/mol. The first kappa shape index (κ1) is 27.6. The third kappa shape index (κ3) is 5.37. The number of carbonyl (C=O) groups excluding carboxylic acids is 1. The van der Waals surface area contributed by atoms with Crippen LogP contribution in [0.3, 0.4) is 0 Å². The van der Waals surface area contributed by atoms with Crippen molar-refractivity contribution in [2.24, 2.45) is 0 Å². The van der Waals surface area contributed by atoms with Gasteiger partial charge in [0.1, 0.15) is 12.4 Å². The Balaban J connectivity index is 1.20. The van der Waals surface area contributed by atoms with E-state index in [0.717, 1.165) is 54.7 Å². The molecule has 0 saturated heterocycles. The van der Waals surface area contributed by atoms with Gasteiger partial charge in [0.05, 0.1) is 17.8 Å². The first-order chi connectivity index (χ1) is 21.1. The minimum atomic E-state index is -0.936. The van der Waals surface area contributed by atoms with E-state index in [0.29, 0.717) is 18.1 Å². The lowest BCUT2D eigenvalue weighted by atomic mass is 9.81. The largest absolute Gasteiger partial charge is 0.491 e. The van der Waals surface area contributed by atoms with E-state index < -0.39 is 5.97 Å². The first-order valence-corrected chi connectivity index (χ1v) is 15.9. The average molecular weight is 578 g/mol. The maximum atomic E-state index is 13.8. The minimum Gasteiger partial charge on any atom is -0.491 e. The zero-order valence-electron chi connectivity index (χ0n) is 24.5. The molecular formula is C36H39N3O4. The second-order valence-corrected chi connectivity index (χ2v) is 12.3. The van der Waals surface area contributed by atoms with Crippen molar-refractivity contribution in [3.05, 3.63) is 83.4 Å². The van der Waals surface area contributed by atoms with Crippen LogP contribution in [0, 0.1) is 0 Å². The van der Waals surface area contributed by atoms with E-state index >= 15 is 0 Å². The summed E-state index contributed by atoms with van der Waals surface area (Å²) < 4.78 is 8.60. The molecule has 0 radical (unpaired) electrons. The molecule has 0 unspecified atom stereocenters. The number of para-hydroxylation sites is 1. The minimum absolute atomic E-state index is 0.0152. The fourth-order valence-corrected chi connectivity index (χ4v) is 7.53. The first-order valence-electron chi connectivity index (χ1n) is 15.9. The zero-order valence-corrected chi connectivity index (χ0v) is 24.5. The molecule has 1 aliphatic heterocycles. The zero-order chi connectivity index (χ0) is 29.3. The summed E-state index contributed by atoms with van der Waals surface area (Å²) in [4.78, 5) is 25.0. The van der Waals surface area contributed by atoms with Crippen LogP contribution in [0.15, 0.2) is 66.7 Å². The summed E-state index contributed by atoms with van der Waals surface area (Å²) in [5.74, 6) is 0.458. The Kier molecular flexibility index (Phi) is 7.56. The molecule has 4 aromatic rings. The maximum absolute atomic E-state index is 13.8. The van der Waals surface area contributed by atoms with Crippen LogP contribution in [0.25, 0.3) is 22.2 Å². The van der Waals surface area contributed by atoms with Crippen molar-refractivity contribution in [2.45, 2.75) is 82.3 Å². The van der Waals surface area contributed by atoms with Crippen molar-refractivity contribution in [3.63, 3.8) is 0 Å². The van der Waals surface area contributed by atoms with E-state index in [4.69, 9.17) is 4.74 Å². The molecule has 3 aliphatic rings. The van der Waals surface area contributed by atoms with Gasteiger partial charge in [0.15, 0.2) is 0 Å². The molecule has 0 bridgehead atoms. The van der Waals surface area contributed by atoms with Gasteiger partial charge in [0, 0.05) is 39.8 Å². The van der Waals surface area contributed by atoms with Crippen molar-refractivity contribution < 1.29 is 19.4 Å². The average Bonchev–Trinajstić information content (AvgIpc) is 3.23. The second kappa shape index (κ2) is 11.8. The van der Waals surface area contributed by atoms with Gasteiger partial charge < -0.3 is 25.0 Å². The van der Waals surface area contributed by atoms with E-state index in [1.165, 1.54) is 48.7 Å². The predicted molar refractivity (Wildman–Crippen MR) is 169 cm³/mol. The molecule has 3 N–H and O–H groups in total. The van der Waals surface area contributed by atoms with Gasteiger partial charge in [0.25, 0.3) is 5.91 Å².